The lowest BCUT2D eigenvalue weighted by atomic mass is 10.4. The minimum Gasteiger partial charge on any atom is -0.319 e. The van der Waals surface area contributed by atoms with Crippen molar-refractivity contribution in [3.8, 4) is 0 Å². The number of halogens is 2. The molecule has 0 fully saturated rings. The number of hydrogen-bond donors (Lipinski definition) is 0. The molecule has 0 aliphatic heterocycles. The van der Waals surface area contributed by atoms with Crippen LogP contribution in [0.5, 0.6) is 0 Å². The molecule has 3 aromatic heterocycles. The largest absolute Gasteiger partial charge is 0.319 e. The molecule has 3 rings (SSSR count). The smallest absolute Gasteiger partial charge is 0.160 e. The van der Waals surface area contributed by atoms with E-state index in [1.54, 1.807) is 12.5 Å². The number of aryl methyl sites for hydroxylation is 1. The molecule has 0 saturated carbocycles. The first-order valence-electron chi connectivity index (χ1n) is 5.58. The summed E-state index contributed by atoms with van der Waals surface area (Å²) in [5, 5.41) is 7.94. The van der Waals surface area contributed by atoms with Crippen LogP contribution in [0.1, 0.15) is 11.6 Å². The van der Waals surface area contributed by atoms with Gasteiger partial charge in [-0.1, -0.05) is 0 Å². The number of rotatable bonds is 3. The zero-order valence-corrected chi connectivity index (χ0v) is 12.4. The van der Waals surface area contributed by atoms with Gasteiger partial charge < -0.3 is 9.13 Å². The van der Waals surface area contributed by atoms with Crippen LogP contribution in [0.2, 0.25) is 0 Å². The van der Waals surface area contributed by atoms with Crippen molar-refractivity contribution >= 4 is 38.7 Å². The third kappa shape index (κ3) is 2.23. The fourth-order valence-corrected chi connectivity index (χ4v) is 2.42. The molecule has 3 heterocycles. The Hall–Kier alpha value is -1.47. The summed E-state index contributed by atoms with van der Waals surface area (Å²) in [6.45, 7) is 0.545. The van der Waals surface area contributed by atoms with Gasteiger partial charge in [0.15, 0.2) is 11.5 Å². The van der Waals surface area contributed by atoms with Crippen molar-refractivity contribution in [3.05, 3.63) is 34.7 Å². The molecule has 0 amide bonds. The van der Waals surface area contributed by atoms with Crippen molar-refractivity contribution < 1.29 is 0 Å². The normalized spacial score (nSPS) is 11.3. The SMILES string of the molecule is Cn1cnnc1Cn1c(CCl)nc2cc(Br)cnc21. The van der Waals surface area contributed by atoms with E-state index in [9.17, 15) is 0 Å². The van der Waals surface area contributed by atoms with E-state index < -0.39 is 0 Å². The predicted molar refractivity (Wildman–Crippen MR) is 74.9 cm³/mol. The second-order valence-corrected chi connectivity index (χ2v) is 5.29. The van der Waals surface area contributed by atoms with E-state index in [0.717, 1.165) is 27.3 Å². The summed E-state index contributed by atoms with van der Waals surface area (Å²) in [6.07, 6.45) is 3.41. The van der Waals surface area contributed by atoms with Gasteiger partial charge in [0.25, 0.3) is 0 Å². The molecule has 19 heavy (non-hydrogen) atoms. The Labute approximate surface area is 122 Å². The predicted octanol–water partition coefficient (Wildman–Crippen LogP) is 2.11. The molecule has 8 heteroatoms. The van der Waals surface area contributed by atoms with Crippen LogP contribution in [-0.2, 0) is 19.5 Å². The van der Waals surface area contributed by atoms with Crippen LogP contribution in [0.4, 0.5) is 0 Å². The minimum atomic E-state index is 0.325. The van der Waals surface area contributed by atoms with Crippen LogP contribution in [-0.4, -0.2) is 29.3 Å². The second-order valence-electron chi connectivity index (χ2n) is 4.10. The van der Waals surface area contributed by atoms with Crippen LogP contribution < -0.4 is 0 Å². The topological polar surface area (TPSA) is 61.4 Å². The summed E-state index contributed by atoms with van der Waals surface area (Å²) in [7, 11) is 1.90. The molecule has 6 nitrogen and oxygen atoms in total. The van der Waals surface area contributed by atoms with E-state index in [0.29, 0.717) is 12.4 Å². The lowest BCUT2D eigenvalue weighted by Gasteiger charge is -2.06. The molecule has 0 aromatic carbocycles. The van der Waals surface area contributed by atoms with Crippen LogP contribution in [0.25, 0.3) is 11.2 Å². The molecule has 0 spiro atoms. The average Bonchev–Trinajstić information content (AvgIpc) is 2.94. The fraction of sp³-hybridized carbons (Fsp3) is 0.273. The second kappa shape index (κ2) is 4.90. The van der Waals surface area contributed by atoms with Crippen LogP contribution in [0.15, 0.2) is 23.1 Å². The van der Waals surface area contributed by atoms with Crippen LogP contribution >= 0.6 is 27.5 Å². The Balaban J connectivity index is 2.13. The van der Waals surface area contributed by atoms with Gasteiger partial charge in [-0.15, -0.1) is 21.8 Å². The molecular formula is C11H10BrClN6. The Bertz CT molecular complexity index is 734. The molecule has 98 valence electrons. The highest BCUT2D eigenvalue weighted by Gasteiger charge is 2.13. The van der Waals surface area contributed by atoms with Crippen molar-refractivity contribution in [1.29, 1.82) is 0 Å². The molecule has 3 aromatic rings. The molecular weight excluding hydrogens is 332 g/mol. The number of hydrogen-bond acceptors (Lipinski definition) is 4. The molecule has 0 N–H and O–H groups in total. The molecule has 0 unspecified atom stereocenters. The van der Waals surface area contributed by atoms with E-state index in [-0.39, 0.29) is 0 Å². The third-order valence-corrected chi connectivity index (χ3v) is 3.53. The summed E-state index contributed by atoms with van der Waals surface area (Å²) in [6, 6.07) is 1.92. The van der Waals surface area contributed by atoms with Gasteiger partial charge in [0.2, 0.25) is 0 Å². The monoisotopic (exact) mass is 340 g/mol. The van der Waals surface area contributed by atoms with Crippen LogP contribution in [0, 0.1) is 0 Å². The van der Waals surface area contributed by atoms with Crippen LogP contribution in [0.3, 0.4) is 0 Å². The van der Waals surface area contributed by atoms with Gasteiger partial charge in [-0.3, -0.25) is 0 Å². The fourth-order valence-electron chi connectivity index (χ4n) is 1.89. The molecule has 0 bridgehead atoms. The third-order valence-electron chi connectivity index (χ3n) is 2.85. The Kier molecular flexibility index (Phi) is 3.24. The Morgan fingerprint density at radius 3 is 2.89 bits per heavy atom. The number of fused-ring (bicyclic) bond motifs is 1. The maximum atomic E-state index is 5.96. The van der Waals surface area contributed by atoms with Crippen molar-refractivity contribution in [2.75, 3.05) is 0 Å². The van der Waals surface area contributed by atoms with E-state index in [2.05, 4.69) is 36.1 Å². The molecule has 0 aliphatic rings. The highest BCUT2D eigenvalue weighted by atomic mass is 79.9. The van der Waals surface area contributed by atoms with Gasteiger partial charge in [-0.2, -0.15) is 0 Å². The van der Waals surface area contributed by atoms with E-state index >= 15 is 0 Å². The van der Waals surface area contributed by atoms with Crippen molar-refractivity contribution in [3.63, 3.8) is 0 Å². The quantitative estimate of drug-likeness (QED) is 0.685. The van der Waals surface area contributed by atoms with Crippen molar-refractivity contribution in [2.24, 2.45) is 7.05 Å². The van der Waals surface area contributed by atoms with Gasteiger partial charge in [-0.05, 0) is 22.0 Å². The van der Waals surface area contributed by atoms with E-state index in [1.807, 2.05) is 22.2 Å². The first kappa shape index (κ1) is 12.6. The number of pyridine rings is 1. The maximum absolute atomic E-state index is 5.96. The van der Waals surface area contributed by atoms with Gasteiger partial charge >= 0.3 is 0 Å². The standard InChI is InChI=1S/C11H10BrClN6/c1-18-6-15-17-10(18)5-19-9(3-13)16-8-2-7(12)4-14-11(8)19/h2,4,6H,3,5H2,1H3. The average molecular weight is 342 g/mol. The summed E-state index contributed by atoms with van der Waals surface area (Å²) in [4.78, 5) is 8.88. The molecule has 0 aliphatic carbocycles. The highest BCUT2D eigenvalue weighted by Crippen LogP contribution is 2.20. The number of nitrogens with zero attached hydrogens (tertiary/aromatic N) is 6. The molecule has 0 atom stereocenters. The first-order valence-corrected chi connectivity index (χ1v) is 6.91. The lowest BCUT2D eigenvalue weighted by molar-refractivity contribution is 0.686. The number of aromatic nitrogens is 6. The summed E-state index contributed by atoms with van der Waals surface area (Å²) in [5.41, 5.74) is 1.61. The maximum Gasteiger partial charge on any atom is 0.160 e. The number of alkyl halides is 1. The van der Waals surface area contributed by atoms with Gasteiger partial charge in [0, 0.05) is 17.7 Å². The minimum absolute atomic E-state index is 0.325. The van der Waals surface area contributed by atoms with Gasteiger partial charge in [0.1, 0.15) is 17.7 Å². The zero-order valence-electron chi connectivity index (χ0n) is 10.1. The Morgan fingerprint density at radius 2 is 2.21 bits per heavy atom. The van der Waals surface area contributed by atoms with Crippen molar-refractivity contribution in [1.82, 2.24) is 29.3 Å². The highest BCUT2D eigenvalue weighted by molar-refractivity contribution is 9.10. The number of imidazole rings is 1. The van der Waals surface area contributed by atoms with Gasteiger partial charge in [-0.25, -0.2) is 9.97 Å². The van der Waals surface area contributed by atoms with Crippen molar-refractivity contribution in [2.45, 2.75) is 12.4 Å². The molecule has 0 saturated heterocycles. The first-order chi connectivity index (χ1) is 9.19. The van der Waals surface area contributed by atoms with E-state index in [4.69, 9.17) is 11.6 Å². The van der Waals surface area contributed by atoms with E-state index in [1.165, 1.54) is 0 Å². The zero-order chi connectivity index (χ0) is 13.4. The Morgan fingerprint density at radius 1 is 1.37 bits per heavy atom. The molecule has 0 radical (unpaired) electrons. The summed E-state index contributed by atoms with van der Waals surface area (Å²) < 4.78 is 4.71. The summed E-state index contributed by atoms with van der Waals surface area (Å²) >= 11 is 9.35. The van der Waals surface area contributed by atoms with Gasteiger partial charge in [0.05, 0.1) is 12.4 Å². The summed E-state index contributed by atoms with van der Waals surface area (Å²) in [5.74, 6) is 1.92. The lowest BCUT2D eigenvalue weighted by Crippen LogP contribution is -2.09.